The van der Waals surface area contributed by atoms with Crippen LogP contribution in [0.4, 0.5) is 228 Å². The van der Waals surface area contributed by atoms with Gasteiger partial charge in [-0.2, -0.15) is 228 Å². The number of esters is 1. The summed E-state index contributed by atoms with van der Waals surface area (Å²) in [6.07, 6.45) is -49.5. The second kappa shape index (κ2) is 39.3. The molecular formula is C65H57BrF52O9. The van der Waals surface area contributed by atoms with E-state index in [2.05, 4.69) is 20.7 Å². The molecule has 127 heavy (non-hydrogen) atoms. The highest BCUT2D eigenvalue weighted by molar-refractivity contribution is 9.08. The molecule has 0 heterocycles. The number of hydrogen-bond acceptors (Lipinski definition) is 9. The van der Waals surface area contributed by atoms with Gasteiger partial charge in [-0.25, -0.2) is 4.79 Å². The Morgan fingerprint density at radius 1 is 0.276 bits per heavy atom. The van der Waals surface area contributed by atoms with Crippen LogP contribution in [-0.2, 0) is 16.7 Å². The van der Waals surface area contributed by atoms with Crippen LogP contribution in [0.3, 0.4) is 0 Å². The van der Waals surface area contributed by atoms with Crippen LogP contribution in [0.5, 0.6) is 34.5 Å². The van der Waals surface area contributed by atoms with E-state index in [9.17, 15) is 248 Å². The summed E-state index contributed by atoms with van der Waals surface area (Å²) in [6, 6.07) is 6.67. The number of rotatable bonds is 43. The van der Waals surface area contributed by atoms with Crippen LogP contribution in [0.1, 0.15) is 115 Å². The number of halogens is 53. The first-order chi connectivity index (χ1) is 56.1. The van der Waals surface area contributed by atoms with Gasteiger partial charge in [0.1, 0.15) is 34.5 Å². The first-order valence-corrected chi connectivity index (χ1v) is 34.6. The average Bonchev–Trinajstić information content (AvgIpc) is 0.725. The summed E-state index contributed by atoms with van der Waals surface area (Å²) in [7, 11) is 1.23. The van der Waals surface area contributed by atoms with Crippen LogP contribution in [0, 0.1) is 20.8 Å². The number of aliphatic hydroxyl groups is 1. The topological polar surface area (TPSA) is 124 Å². The molecule has 0 saturated carbocycles. The fourth-order valence-electron chi connectivity index (χ4n) is 9.48. The molecule has 3 aromatic carbocycles. The Kier molecular flexibility index (Phi) is 36.4. The Hall–Kier alpha value is -7.27. The van der Waals surface area contributed by atoms with Crippen molar-refractivity contribution in [1.29, 1.82) is 0 Å². The van der Waals surface area contributed by atoms with Gasteiger partial charge in [0.05, 0.1) is 45.7 Å². The summed E-state index contributed by atoms with van der Waals surface area (Å²) in [6.45, 7) is -0.658. The van der Waals surface area contributed by atoms with Gasteiger partial charge < -0.3 is 39.0 Å². The molecule has 3 aromatic rings. The van der Waals surface area contributed by atoms with E-state index in [-0.39, 0.29) is 56.1 Å². The van der Waals surface area contributed by atoms with Crippen molar-refractivity contribution in [3.8, 4) is 34.5 Å². The smallest absolute Gasteiger partial charge is 0.460 e. The van der Waals surface area contributed by atoms with Crippen molar-refractivity contribution in [2.45, 2.75) is 253 Å². The predicted molar refractivity (Wildman–Crippen MR) is 327 cm³/mol. The maximum absolute atomic E-state index is 14.0. The van der Waals surface area contributed by atoms with Gasteiger partial charge in [0.2, 0.25) is 0 Å². The first kappa shape index (κ1) is 118. The third-order valence-corrected chi connectivity index (χ3v) is 18.1. The Morgan fingerprint density at radius 2 is 0.457 bits per heavy atom. The van der Waals surface area contributed by atoms with Gasteiger partial charge in [-0.05, 0) is 120 Å². The number of aromatic hydroxyl groups is 2. The van der Waals surface area contributed by atoms with Gasteiger partial charge >= 0.3 is 149 Å². The van der Waals surface area contributed by atoms with Crippen LogP contribution >= 0.6 is 15.9 Å². The Balaban J connectivity index is 0.00000111. The maximum atomic E-state index is 14.0. The highest BCUT2D eigenvalue weighted by Gasteiger charge is 2.95. The lowest BCUT2D eigenvalue weighted by atomic mass is 9.92. The quantitative estimate of drug-likeness (QED) is 0.0220. The van der Waals surface area contributed by atoms with E-state index in [0.29, 0.717) is 5.56 Å². The van der Waals surface area contributed by atoms with Gasteiger partial charge in [0.25, 0.3) is 0 Å². The van der Waals surface area contributed by atoms with Crippen molar-refractivity contribution in [2.24, 2.45) is 0 Å². The summed E-state index contributed by atoms with van der Waals surface area (Å²) >= 11 is 2.96. The van der Waals surface area contributed by atoms with Crippen LogP contribution < -0.4 is 18.9 Å². The molecule has 0 aliphatic carbocycles. The van der Waals surface area contributed by atoms with Gasteiger partial charge in [-0.15, -0.1) is 0 Å². The standard InChI is InChI=1S/C28H23BrF26O2.C28H24F26O3.C9H10O4/c1-13-15(56-8-4-2-6-17(30,31)19(34,35)21(38,39)23(42,43)25(46,47)27(50,51)52)10-14(12-29)11-16(13)57-9-5-3-7-18(32,33)20(36,37)22(40,41)24(44,45)26(48,49)28(53,54)55;1-13-15(56-8-4-2-6-17(29,30)19(33,34)21(37,38)23(41,42)25(45,46)27(49,50)51)10-14(12-55)11-16(13)57-9-5-3-7-18(31,32)20(35,36)22(39,40)24(43,44)26(47,48)28(52,53)54;1-5-7(10)3-6(4-8(5)11)9(12)13-2/h10-11H,2-9,12H2,1H3;10-11,55H,2-9,12H2,1H3;3-4,10-11H,1-2H3. The second-order valence-corrected chi connectivity index (χ2v) is 27.1. The monoisotopic (exact) mass is 2050 g/mol. The Morgan fingerprint density at radius 3 is 0.622 bits per heavy atom. The van der Waals surface area contributed by atoms with E-state index in [0.717, 1.165) is 38.1 Å². The third kappa shape index (κ3) is 22.7. The lowest BCUT2D eigenvalue weighted by molar-refractivity contribution is -0.440. The highest BCUT2D eigenvalue weighted by atomic mass is 79.9. The van der Waals surface area contributed by atoms with Gasteiger partial charge in [0.15, 0.2) is 0 Å². The SMILES string of the molecule is COC(=O)c1cc(O)c(C)c(O)c1.Cc1c(OCCCCC(F)(F)C(F)(F)C(F)(F)C(F)(F)C(F)(F)C(F)(F)F)cc(CBr)cc1OCCCCC(F)(F)C(F)(F)C(F)(F)C(F)(F)C(F)(F)C(F)(F)F.Cc1c(OCCCCC(F)(F)C(F)(F)C(F)(F)C(F)(F)C(F)(F)C(F)(F)F)cc(CO)cc1OCCCCC(F)(F)C(F)(F)C(F)(F)C(F)(F)C(F)(F)C(F)(F)F. The summed E-state index contributed by atoms with van der Waals surface area (Å²) in [5.74, 6) is -154. The number of phenols is 2. The summed E-state index contributed by atoms with van der Waals surface area (Å²) in [5.41, 5.74) is 0.117. The van der Waals surface area contributed by atoms with Gasteiger partial charge in [-0.1, -0.05) is 15.9 Å². The van der Waals surface area contributed by atoms with Gasteiger partial charge in [-0.3, -0.25) is 0 Å². The van der Waals surface area contributed by atoms with Crippen molar-refractivity contribution >= 4 is 21.9 Å². The number of hydrogen-bond donors (Lipinski definition) is 3. The predicted octanol–water partition coefficient (Wildman–Crippen LogP) is 26.7. The fourth-order valence-corrected chi connectivity index (χ4v) is 9.81. The number of alkyl halides is 53. The first-order valence-electron chi connectivity index (χ1n) is 33.5. The number of aliphatic hydroxyl groups excluding tert-OH is 1. The summed E-state index contributed by atoms with van der Waals surface area (Å²) in [5, 5.41) is 27.8. The van der Waals surface area contributed by atoms with E-state index in [4.69, 9.17) is 18.9 Å². The molecule has 9 nitrogen and oxygen atoms in total. The molecule has 0 unspecified atom stereocenters. The minimum Gasteiger partial charge on any atom is -0.508 e. The molecule has 0 atom stereocenters. The van der Waals surface area contributed by atoms with Crippen LogP contribution in [-0.4, -0.2) is 198 Å². The number of methoxy groups -OCH3 is 1. The van der Waals surface area contributed by atoms with E-state index in [1.165, 1.54) is 19.2 Å². The number of phenolic OH excluding ortho intramolecular Hbond substituents is 2. The van der Waals surface area contributed by atoms with Crippen LogP contribution in [0.15, 0.2) is 36.4 Å². The molecule has 0 aliphatic heterocycles. The molecule has 0 radical (unpaired) electrons. The largest absolute Gasteiger partial charge is 0.508 e. The maximum Gasteiger partial charge on any atom is 0.460 e. The Labute approximate surface area is 683 Å². The zero-order valence-electron chi connectivity index (χ0n) is 62.5. The molecule has 62 heteroatoms. The molecule has 3 N–H and O–H groups in total. The van der Waals surface area contributed by atoms with Crippen molar-refractivity contribution in [1.82, 2.24) is 0 Å². The molecule has 0 aliphatic rings. The lowest BCUT2D eigenvalue weighted by Crippen LogP contribution is -2.70. The molecule has 0 bridgehead atoms. The highest BCUT2D eigenvalue weighted by Crippen LogP contribution is 2.66. The third-order valence-electron chi connectivity index (χ3n) is 17.4. The van der Waals surface area contributed by atoms with Crippen molar-refractivity contribution in [3.05, 3.63) is 69.8 Å². The van der Waals surface area contributed by atoms with Crippen LogP contribution in [0.25, 0.3) is 0 Å². The number of ether oxygens (including phenoxy) is 5. The molecule has 742 valence electrons. The molecular weight excluding hydrogens is 1990 g/mol. The number of carbonyl (C=O) groups excluding carboxylic acids is 1. The van der Waals surface area contributed by atoms with Crippen molar-refractivity contribution < 1.29 is 272 Å². The molecule has 0 aromatic heterocycles. The summed E-state index contributed by atoms with van der Waals surface area (Å²) in [4.78, 5) is 11.0. The normalized spacial score (nSPS) is 14.7. The molecule has 0 saturated heterocycles. The average molecular weight is 2050 g/mol. The minimum absolute atomic E-state index is 0.0962. The zero-order valence-corrected chi connectivity index (χ0v) is 64.1. The molecule has 0 amide bonds. The number of benzene rings is 3. The van der Waals surface area contributed by atoms with Gasteiger partial charge in [0, 0.05) is 47.7 Å². The molecule has 3 rings (SSSR count). The Bertz CT molecular complexity index is 3640. The molecule has 0 fully saturated rings. The van der Waals surface area contributed by atoms with E-state index < -0.39 is 271 Å². The number of carbonyl (C=O) groups is 1. The number of unbranched alkanes of at least 4 members (excludes halogenated alkanes) is 4. The summed E-state index contributed by atoms with van der Waals surface area (Å²) < 4.78 is 714. The minimum atomic E-state index is -8.09. The lowest BCUT2D eigenvalue weighted by Gasteiger charge is -2.39. The van der Waals surface area contributed by atoms with Crippen molar-refractivity contribution in [2.75, 3.05) is 33.5 Å². The van der Waals surface area contributed by atoms with E-state index in [1.807, 2.05) is 0 Å². The van der Waals surface area contributed by atoms with E-state index in [1.54, 1.807) is 6.92 Å². The zero-order chi connectivity index (χ0) is 101. The van der Waals surface area contributed by atoms with Crippen molar-refractivity contribution in [3.63, 3.8) is 0 Å². The van der Waals surface area contributed by atoms with Crippen LogP contribution in [0.2, 0.25) is 0 Å². The van der Waals surface area contributed by atoms with E-state index >= 15 is 0 Å². The molecule has 0 spiro atoms. The second-order valence-electron chi connectivity index (χ2n) is 26.6. The fraction of sp³-hybridized carbons (Fsp3) is 0.708.